The molecule has 0 spiro atoms. The molecule has 1 aromatic carbocycles. The average molecular weight is 247 g/mol. The maximum atomic E-state index is 5.41. The fourth-order valence-corrected chi connectivity index (χ4v) is 2.57. The van der Waals surface area contributed by atoms with Crippen molar-refractivity contribution in [3.63, 3.8) is 0 Å². The minimum Gasteiger partial charge on any atom is -0.381 e. The van der Waals surface area contributed by atoms with Gasteiger partial charge in [-0.25, -0.2) is 0 Å². The van der Waals surface area contributed by atoms with Crippen LogP contribution in [-0.4, -0.2) is 19.3 Å². The molecule has 1 atom stereocenters. The van der Waals surface area contributed by atoms with Gasteiger partial charge in [-0.3, -0.25) is 0 Å². The predicted octanol–water partition coefficient (Wildman–Crippen LogP) is 3.21. The van der Waals surface area contributed by atoms with E-state index >= 15 is 0 Å². The smallest absolute Gasteiger partial charge is 0.0469 e. The van der Waals surface area contributed by atoms with Crippen LogP contribution in [0, 0.1) is 19.8 Å². The van der Waals surface area contributed by atoms with E-state index < -0.39 is 0 Å². The summed E-state index contributed by atoms with van der Waals surface area (Å²) in [6.07, 6.45) is 2.39. The summed E-state index contributed by atoms with van der Waals surface area (Å²) in [6, 6.07) is 7.31. The van der Waals surface area contributed by atoms with Crippen LogP contribution in [0.4, 0.5) is 0 Å². The molecule has 1 aliphatic rings. The normalized spacial score (nSPS) is 18.8. The summed E-state index contributed by atoms with van der Waals surface area (Å²) in [7, 11) is 0. The van der Waals surface area contributed by atoms with Gasteiger partial charge in [-0.05, 0) is 56.2 Å². The summed E-state index contributed by atoms with van der Waals surface area (Å²) >= 11 is 0. The molecule has 0 saturated carbocycles. The third kappa shape index (κ3) is 3.56. The van der Waals surface area contributed by atoms with Gasteiger partial charge in [0.1, 0.15) is 0 Å². The number of nitrogens with one attached hydrogen (secondary N) is 1. The van der Waals surface area contributed by atoms with Gasteiger partial charge in [-0.15, -0.1) is 0 Å². The Morgan fingerprint density at radius 2 is 1.94 bits per heavy atom. The number of benzene rings is 1. The third-order valence-electron chi connectivity index (χ3n) is 4.17. The number of rotatable bonds is 4. The van der Waals surface area contributed by atoms with E-state index in [1.54, 1.807) is 0 Å². The van der Waals surface area contributed by atoms with Crippen molar-refractivity contribution < 1.29 is 4.74 Å². The van der Waals surface area contributed by atoms with Crippen molar-refractivity contribution in [3.8, 4) is 0 Å². The molecule has 18 heavy (non-hydrogen) atoms. The SMILES string of the molecule is Cc1ccc(CNC(C)C2CCOCC2)cc1C. The summed E-state index contributed by atoms with van der Waals surface area (Å²) in [5.41, 5.74) is 4.14. The number of ether oxygens (including phenoxy) is 1. The molecule has 0 bridgehead atoms. The molecule has 2 rings (SSSR count). The molecule has 1 saturated heterocycles. The Morgan fingerprint density at radius 3 is 2.61 bits per heavy atom. The Kier molecular flexibility index (Phi) is 4.79. The highest BCUT2D eigenvalue weighted by molar-refractivity contribution is 5.29. The fourth-order valence-electron chi connectivity index (χ4n) is 2.57. The van der Waals surface area contributed by atoms with Crippen molar-refractivity contribution in [1.82, 2.24) is 5.32 Å². The van der Waals surface area contributed by atoms with Crippen molar-refractivity contribution in [2.75, 3.05) is 13.2 Å². The largest absolute Gasteiger partial charge is 0.381 e. The summed E-state index contributed by atoms with van der Waals surface area (Å²) in [4.78, 5) is 0. The molecule has 0 aromatic heterocycles. The third-order valence-corrected chi connectivity index (χ3v) is 4.17. The van der Waals surface area contributed by atoms with Gasteiger partial charge in [0, 0.05) is 25.8 Å². The van der Waals surface area contributed by atoms with Crippen LogP contribution >= 0.6 is 0 Å². The van der Waals surface area contributed by atoms with E-state index in [-0.39, 0.29) is 0 Å². The standard InChI is InChI=1S/C16H25NO/c1-12-4-5-15(10-13(12)2)11-17-14(3)16-6-8-18-9-7-16/h4-5,10,14,16-17H,6-9,11H2,1-3H3. The quantitative estimate of drug-likeness (QED) is 0.882. The molecule has 1 heterocycles. The molecular weight excluding hydrogens is 222 g/mol. The molecule has 100 valence electrons. The van der Waals surface area contributed by atoms with E-state index in [2.05, 4.69) is 44.3 Å². The zero-order valence-corrected chi connectivity index (χ0v) is 11.8. The molecular formula is C16H25NO. The lowest BCUT2D eigenvalue weighted by Gasteiger charge is -2.28. The first kappa shape index (κ1) is 13.6. The first-order chi connectivity index (χ1) is 8.66. The topological polar surface area (TPSA) is 21.3 Å². The van der Waals surface area contributed by atoms with Gasteiger partial charge in [0.05, 0.1) is 0 Å². The molecule has 1 aromatic rings. The van der Waals surface area contributed by atoms with E-state index in [1.165, 1.54) is 29.5 Å². The van der Waals surface area contributed by atoms with Gasteiger partial charge in [-0.1, -0.05) is 18.2 Å². The highest BCUT2D eigenvalue weighted by atomic mass is 16.5. The van der Waals surface area contributed by atoms with Crippen LogP contribution in [0.5, 0.6) is 0 Å². The van der Waals surface area contributed by atoms with Crippen LogP contribution < -0.4 is 5.32 Å². The van der Waals surface area contributed by atoms with Crippen molar-refractivity contribution in [2.45, 2.75) is 46.2 Å². The fraction of sp³-hybridized carbons (Fsp3) is 0.625. The van der Waals surface area contributed by atoms with Crippen LogP contribution in [0.25, 0.3) is 0 Å². The van der Waals surface area contributed by atoms with E-state index in [4.69, 9.17) is 4.74 Å². The summed E-state index contributed by atoms with van der Waals surface area (Å²) in [6.45, 7) is 9.48. The highest BCUT2D eigenvalue weighted by Gasteiger charge is 2.19. The first-order valence-corrected chi connectivity index (χ1v) is 7.04. The Labute approximate surface area is 111 Å². The lowest BCUT2D eigenvalue weighted by Crippen LogP contribution is -2.36. The predicted molar refractivity (Wildman–Crippen MR) is 75.8 cm³/mol. The van der Waals surface area contributed by atoms with Gasteiger partial charge in [0.2, 0.25) is 0 Å². The van der Waals surface area contributed by atoms with Gasteiger partial charge < -0.3 is 10.1 Å². The van der Waals surface area contributed by atoms with E-state index in [0.29, 0.717) is 6.04 Å². The monoisotopic (exact) mass is 247 g/mol. The molecule has 2 heteroatoms. The Balaban J connectivity index is 1.84. The maximum Gasteiger partial charge on any atom is 0.0469 e. The minimum atomic E-state index is 0.579. The van der Waals surface area contributed by atoms with Crippen LogP contribution in [0.1, 0.15) is 36.5 Å². The number of hydrogen-bond donors (Lipinski definition) is 1. The molecule has 1 fully saturated rings. The van der Waals surface area contributed by atoms with E-state index in [9.17, 15) is 0 Å². The van der Waals surface area contributed by atoms with Crippen LogP contribution in [-0.2, 0) is 11.3 Å². The zero-order chi connectivity index (χ0) is 13.0. The van der Waals surface area contributed by atoms with Crippen molar-refractivity contribution in [3.05, 3.63) is 34.9 Å². The number of hydrogen-bond acceptors (Lipinski definition) is 2. The molecule has 1 N–H and O–H groups in total. The van der Waals surface area contributed by atoms with E-state index in [0.717, 1.165) is 25.7 Å². The van der Waals surface area contributed by atoms with Gasteiger partial charge in [-0.2, -0.15) is 0 Å². The first-order valence-electron chi connectivity index (χ1n) is 7.04. The molecule has 2 nitrogen and oxygen atoms in total. The maximum absolute atomic E-state index is 5.41. The van der Waals surface area contributed by atoms with E-state index in [1.807, 2.05) is 0 Å². The summed E-state index contributed by atoms with van der Waals surface area (Å²) in [5.74, 6) is 0.769. The van der Waals surface area contributed by atoms with Crippen molar-refractivity contribution >= 4 is 0 Å². The second-order valence-corrected chi connectivity index (χ2v) is 5.54. The molecule has 1 unspecified atom stereocenters. The molecule has 1 aliphatic heterocycles. The van der Waals surface area contributed by atoms with Crippen LogP contribution in [0.2, 0.25) is 0 Å². The average Bonchev–Trinajstić information content (AvgIpc) is 2.41. The van der Waals surface area contributed by atoms with Gasteiger partial charge in [0.15, 0.2) is 0 Å². The zero-order valence-electron chi connectivity index (χ0n) is 11.8. The Hall–Kier alpha value is -0.860. The molecule has 0 amide bonds. The molecule has 0 radical (unpaired) electrons. The van der Waals surface area contributed by atoms with Crippen molar-refractivity contribution in [2.24, 2.45) is 5.92 Å². The highest BCUT2D eigenvalue weighted by Crippen LogP contribution is 2.19. The second kappa shape index (κ2) is 6.35. The second-order valence-electron chi connectivity index (χ2n) is 5.54. The Morgan fingerprint density at radius 1 is 1.22 bits per heavy atom. The van der Waals surface area contributed by atoms with Crippen molar-refractivity contribution in [1.29, 1.82) is 0 Å². The van der Waals surface area contributed by atoms with Crippen LogP contribution in [0.3, 0.4) is 0 Å². The Bertz CT molecular complexity index is 383. The van der Waals surface area contributed by atoms with Gasteiger partial charge >= 0.3 is 0 Å². The summed E-state index contributed by atoms with van der Waals surface area (Å²) in [5, 5.41) is 3.66. The minimum absolute atomic E-state index is 0.579. The molecule has 0 aliphatic carbocycles. The summed E-state index contributed by atoms with van der Waals surface area (Å²) < 4.78 is 5.41. The lowest BCUT2D eigenvalue weighted by molar-refractivity contribution is 0.0558. The number of aryl methyl sites for hydroxylation is 2. The lowest BCUT2D eigenvalue weighted by atomic mass is 9.93. The van der Waals surface area contributed by atoms with Crippen LogP contribution in [0.15, 0.2) is 18.2 Å². The van der Waals surface area contributed by atoms with Gasteiger partial charge in [0.25, 0.3) is 0 Å².